The van der Waals surface area contributed by atoms with Gasteiger partial charge in [-0.2, -0.15) is 0 Å². The fraction of sp³-hybridized carbons (Fsp3) is 0.429. The second-order valence-corrected chi connectivity index (χ2v) is 7.95. The van der Waals surface area contributed by atoms with Crippen molar-refractivity contribution in [2.45, 2.75) is 45.3 Å². The van der Waals surface area contributed by atoms with E-state index in [0.717, 1.165) is 23.6 Å². The predicted octanol–water partition coefficient (Wildman–Crippen LogP) is 3.67. The highest BCUT2D eigenvalue weighted by Crippen LogP contribution is 2.26. The summed E-state index contributed by atoms with van der Waals surface area (Å²) in [6.45, 7) is 6.57. The van der Waals surface area contributed by atoms with Crippen LogP contribution in [0.1, 0.15) is 44.0 Å². The molecule has 1 aliphatic heterocycles. The van der Waals surface area contributed by atoms with Crippen molar-refractivity contribution in [2.24, 2.45) is 0 Å². The number of phenols is 1. The maximum Gasteiger partial charge on any atom is 0.407 e. The van der Waals surface area contributed by atoms with Crippen LogP contribution in [0.25, 0.3) is 10.8 Å². The van der Waals surface area contributed by atoms with E-state index in [1.165, 1.54) is 0 Å². The van der Waals surface area contributed by atoms with E-state index in [1.54, 1.807) is 35.2 Å². The molecule has 0 aromatic heterocycles. The molecule has 27 heavy (non-hydrogen) atoms. The van der Waals surface area contributed by atoms with Gasteiger partial charge in [0.15, 0.2) is 0 Å². The Bertz CT molecular complexity index is 857. The summed E-state index contributed by atoms with van der Waals surface area (Å²) in [5, 5.41) is 14.3. The summed E-state index contributed by atoms with van der Waals surface area (Å²) in [4.78, 5) is 26.7. The summed E-state index contributed by atoms with van der Waals surface area (Å²) in [6, 6.07) is 10.4. The van der Waals surface area contributed by atoms with Crippen molar-refractivity contribution in [3.8, 4) is 5.75 Å². The summed E-state index contributed by atoms with van der Waals surface area (Å²) in [7, 11) is 0. The van der Waals surface area contributed by atoms with Gasteiger partial charge in [0.05, 0.1) is 0 Å². The summed E-state index contributed by atoms with van der Waals surface area (Å²) < 4.78 is 5.30. The first kappa shape index (κ1) is 19.0. The number of benzene rings is 2. The molecular weight excluding hydrogens is 344 g/mol. The molecule has 2 aromatic carbocycles. The maximum absolute atomic E-state index is 12.9. The molecule has 2 amide bonds. The fourth-order valence-corrected chi connectivity index (χ4v) is 3.34. The number of hydrogen-bond acceptors (Lipinski definition) is 4. The van der Waals surface area contributed by atoms with Crippen molar-refractivity contribution in [2.75, 3.05) is 13.1 Å². The number of hydrogen-bond donors (Lipinski definition) is 2. The van der Waals surface area contributed by atoms with E-state index in [2.05, 4.69) is 5.32 Å². The van der Waals surface area contributed by atoms with E-state index >= 15 is 0 Å². The van der Waals surface area contributed by atoms with Crippen molar-refractivity contribution in [3.63, 3.8) is 0 Å². The lowest BCUT2D eigenvalue weighted by molar-refractivity contribution is 0.0452. The molecule has 0 spiro atoms. The van der Waals surface area contributed by atoms with Gasteiger partial charge in [-0.1, -0.05) is 12.1 Å². The van der Waals surface area contributed by atoms with E-state index < -0.39 is 11.7 Å². The number of likely N-dealkylation sites (tertiary alicyclic amines) is 1. The van der Waals surface area contributed by atoms with Gasteiger partial charge in [-0.15, -0.1) is 0 Å². The molecule has 0 aliphatic carbocycles. The van der Waals surface area contributed by atoms with Crippen molar-refractivity contribution < 1.29 is 19.4 Å². The predicted molar refractivity (Wildman–Crippen MR) is 104 cm³/mol. The van der Waals surface area contributed by atoms with Gasteiger partial charge in [-0.25, -0.2) is 4.79 Å². The van der Waals surface area contributed by atoms with Gasteiger partial charge < -0.3 is 20.1 Å². The fourth-order valence-electron chi connectivity index (χ4n) is 3.34. The number of fused-ring (bicyclic) bond motifs is 1. The van der Waals surface area contributed by atoms with Gasteiger partial charge in [0.2, 0.25) is 0 Å². The Labute approximate surface area is 159 Å². The highest BCUT2D eigenvalue weighted by Gasteiger charge is 2.27. The third-order valence-corrected chi connectivity index (χ3v) is 4.53. The quantitative estimate of drug-likeness (QED) is 0.845. The highest BCUT2D eigenvalue weighted by atomic mass is 16.6. The maximum atomic E-state index is 12.9. The Hall–Kier alpha value is -2.76. The lowest BCUT2D eigenvalue weighted by Crippen LogP contribution is -2.50. The van der Waals surface area contributed by atoms with E-state index in [4.69, 9.17) is 4.74 Å². The van der Waals surface area contributed by atoms with Crippen LogP contribution >= 0.6 is 0 Å². The standard InChI is InChI=1S/C21H26N2O4/c1-21(2,3)27-20(26)22-16-7-5-11-23(13-16)19(25)15-9-10-17-14(12-15)6-4-8-18(17)24/h4,6,8-10,12,16,24H,5,7,11,13H2,1-3H3,(H,22,26). The molecule has 0 radical (unpaired) electrons. The summed E-state index contributed by atoms with van der Waals surface area (Å²) in [6.07, 6.45) is 1.18. The zero-order valence-electron chi connectivity index (χ0n) is 16.0. The molecule has 1 saturated heterocycles. The van der Waals surface area contributed by atoms with Crippen LogP contribution < -0.4 is 5.32 Å². The molecule has 2 N–H and O–H groups in total. The van der Waals surface area contributed by atoms with Crippen LogP contribution in [-0.2, 0) is 4.74 Å². The minimum absolute atomic E-state index is 0.0732. The van der Waals surface area contributed by atoms with Crippen LogP contribution in [0.5, 0.6) is 5.75 Å². The van der Waals surface area contributed by atoms with Crippen molar-refractivity contribution in [1.82, 2.24) is 10.2 Å². The first-order valence-electron chi connectivity index (χ1n) is 9.23. The number of piperidine rings is 1. The molecule has 0 bridgehead atoms. The zero-order chi connectivity index (χ0) is 19.6. The van der Waals surface area contributed by atoms with E-state index in [1.807, 2.05) is 26.8 Å². The minimum Gasteiger partial charge on any atom is -0.507 e. The van der Waals surface area contributed by atoms with Crippen LogP contribution in [0, 0.1) is 0 Å². The number of rotatable bonds is 2. The Kier molecular flexibility index (Phi) is 5.26. The van der Waals surface area contributed by atoms with Crippen LogP contribution in [-0.4, -0.2) is 46.7 Å². The number of carbonyl (C=O) groups excluding carboxylic acids is 2. The molecule has 1 heterocycles. The number of amides is 2. The highest BCUT2D eigenvalue weighted by molar-refractivity contribution is 5.99. The van der Waals surface area contributed by atoms with Crippen LogP contribution in [0.3, 0.4) is 0 Å². The number of nitrogens with one attached hydrogen (secondary N) is 1. The number of nitrogens with zero attached hydrogens (tertiary/aromatic N) is 1. The van der Waals surface area contributed by atoms with Gasteiger partial charge in [-0.05, 0) is 63.3 Å². The van der Waals surface area contributed by atoms with E-state index in [9.17, 15) is 14.7 Å². The van der Waals surface area contributed by atoms with Crippen LogP contribution in [0.4, 0.5) is 4.79 Å². The topological polar surface area (TPSA) is 78.9 Å². The van der Waals surface area contributed by atoms with Crippen molar-refractivity contribution >= 4 is 22.8 Å². The third-order valence-electron chi connectivity index (χ3n) is 4.53. The monoisotopic (exact) mass is 370 g/mol. The van der Waals surface area contributed by atoms with E-state index in [0.29, 0.717) is 18.7 Å². The Balaban J connectivity index is 1.69. The molecule has 1 fully saturated rings. The smallest absolute Gasteiger partial charge is 0.407 e. The average Bonchev–Trinajstić information content (AvgIpc) is 2.59. The molecule has 6 heteroatoms. The SMILES string of the molecule is CC(C)(C)OC(=O)NC1CCCN(C(=O)c2ccc3c(O)cccc3c2)C1. The van der Waals surface area contributed by atoms with Gasteiger partial charge in [0.25, 0.3) is 5.91 Å². The van der Waals surface area contributed by atoms with Gasteiger partial charge >= 0.3 is 6.09 Å². The molecule has 2 aromatic rings. The first-order valence-corrected chi connectivity index (χ1v) is 9.23. The van der Waals surface area contributed by atoms with E-state index in [-0.39, 0.29) is 17.7 Å². The number of ether oxygens (including phenoxy) is 1. The number of aromatic hydroxyl groups is 1. The third kappa shape index (κ3) is 4.70. The molecule has 3 rings (SSSR count). The Morgan fingerprint density at radius 2 is 2.00 bits per heavy atom. The van der Waals surface area contributed by atoms with Gasteiger partial charge in [0.1, 0.15) is 11.4 Å². The number of phenolic OH excluding ortho intramolecular Hbond substituents is 1. The first-order chi connectivity index (χ1) is 12.7. The summed E-state index contributed by atoms with van der Waals surface area (Å²) in [5.41, 5.74) is 0.0243. The molecule has 6 nitrogen and oxygen atoms in total. The number of alkyl carbamates (subject to hydrolysis) is 1. The van der Waals surface area contributed by atoms with Crippen molar-refractivity contribution in [1.29, 1.82) is 0 Å². The molecule has 144 valence electrons. The second kappa shape index (κ2) is 7.47. The Morgan fingerprint density at radius 1 is 1.22 bits per heavy atom. The van der Waals surface area contributed by atoms with Gasteiger partial charge in [-0.3, -0.25) is 4.79 Å². The zero-order valence-corrected chi connectivity index (χ0v) is 16.0. The molecule has 1 atom stereocenters. The second-order valence-electron chi connectivity index (χ2n) is 7.95. The Morgan fingerprint density at radius 3 is 2.74 bits per heavy atom. The molecule has 1 unspecified atom stereocenters. The molecule has 0 saturated carbocycles. The number of carbonyl (C=O) groups is 2. The largest absolute Gasteiger partial charge is 0.507 e. The lowest BCUT2D eigenvalue weighted by atomic mass is 10.0. The summed E-state index contributed by atoms with van der Waals surface area (Å²) in [5.74, 6) is 0.127. The normalized spacial score (nSPS) is 17.6. The average molecular weight is 370 g/mol. The van der Waals surface area contributed by atoms with Crippen LogP contribution in [0.15, 0.2) is 36.4 Å². The minimum atomic E-state index is -0.551. The summed E-state index contributed by atoms with van der Waals surface area (Å²) >= 11 is 0. The molecular formula is C21H26N2O4. The van der Waals surface area contributed by atoms with Gasteiger partial charge in [0, 0.05) is 30.1 Å². The van der Waals surface area contributed by atoms with Crippen LogP contribution in [0.2, 0.25) is 0 Å². The van der Waals surface area contributed by atoms with Crippen molar-refractivity contribution in [3.05, 3.63) is 42.0 Å². The molecule has 1 aliphatic rings. The lowest BCUT2D eigenvalue weighted by Gasteiger charge is -2.33.